The Labute approximate surface area is 106 Å². The SMILES string of the molecule is CC(C)(CN)CCS(=O)(=O)c1ccc(F)cc1F. The lowest BCUT2D eigenvalue weighted by Crippen LogP contribution is -2.26. The van der Waals surface area contributed by atoms with Gasteiger partial charge in [0, 0.05) is 6.07 Å². The highest BCUT2D eigenvalue weighted by Crippen LogP contribution is 2.23. The van der Waals surface area contributed by atoms with E-state index in [0.717, 1.165) is 12.1 Å². The summed E-state index contributed by atoms with van der Waals surface area (Å²) < 4.78 is 50.0. The molecule has 102 valence electrons. The van der Waals surface area contributed by atoms with Crippen molar-refractivity contribution in [3.63, 3.8) is 0 Å². The fourth-order valence-corrected chi connectivity index (χ4v) is 3.02. The lowest BCUT2D eigenvalue weighted by molar-refractivity contribution is 0.364. The van der Waals surface area contributed by atoms with Crippen molar-refractivity contribution in [3.8, 4) is 0 Å². The molecule has 0 saturated heterocycles. The number of hydrogen-bond donors (Lipinski definition) is 1. The standard InChI is InChI=1S/C12H17F2NO2S/c1-12(2,8-15)5-6-18(16,17)11-4-3-9(13)7-10(11)14/h3-4,7H,5-6,8,15H2,1-2H3. The van der Waals surface area contributed by atoms with Gasteiger partial charge >= 0.3 is 0 Å². The predicted molar refractivity (Wildman–Crippen MR) is 65.9 cm³/mol. The monoisotopic (exact) mass is 277 g/mol. The van der Waals surface area contributed by atoms with Crippen molar-refractivity contribution in [2.75, 3.05) is 12.3 Å². The van der Waals surface area contributed by atoms with E-state index in [0.29, 0.717) is 19.0 Å². The number of sulfone groups is 1. The Morgan fingerprint density at radius 3 is 2.39 bits per heavy atom. The normalized spacial score (nSPS) is 12.7. The largest absolute Gasteiger partial charge is 0.330 e. The fraction of sp³-hybridized carbons (Fsp3) is 0.500. The van der Waals surface area contributed by atoms with E-state index in [-0.39, 0.29) is 11.2 Å². The zero-order chi connectivity index (χ0) is 14.0. The van der Waals surface area contributed by atoms with Crippen molar-refractivity contribution in [1.29, 1.82) is 0 Å². The average Bonchev–Trinajstić information content (AvgIpc) is 2.26. The Morgan fingerprint density at radius 2 is 1.89 bits per heavy atom. The predicted octanol–water partition coefficient (Wildman–Crippen LogP) is 2.11. The van der Waals surface area contributed by atoms with Gasteiger partial charge in [0.05, 0.1) is 5.75 Å². The fourth-order valence-electron chi connectivity index (χ4n) is 1.35. The Morgan fingerprint density at radius 1 is 1.28 bits per heavy atom. The molecule has 0 amide bonds. The summed E-state index contributed by atoms with van der Waals surface area (Å²) in [4.78, 5) is -0.461. The summed E-state index contributed by atoms with van der Waals surface area (Å²) in [6.45, 7) is 4.02. The van der Waals surface area contributed by atoms with E-state index in [2.05, 4.69) is 0 Å². The van der Waals surface area contributed by atoms with E-state index < -0.39 is 26.4 Å². The third-order valence-corrected chi connectivity index (χ3v) is 4.57. The lowest BCUT2D eigenvalue weighted by Gasteiger charge is -2.21. The molecule has 1 rings (SSSR count). The van der Waals surface area contributed by atoms with Gasteiger partial charge in [-0.05, 0) is 30.5 Å². The van der Waals surface area contributed by atoms with Crippen LogP contribution in [0.4, 0.5) is 8.78 Å². The Bertz CT molecular complexity index is 527. The first-order chi connectivity index (χ1) is 8.18. The van der Waals surface area contributed by atoms with Crippen LogP contribution in [0.3, 0.4) is 0 Å². The summed E-state index contributed by atoms with van der Waals surface area (Å²) in [5.41, 5.74) is 5.18. The minimum Gasteiger partial charge on any atom is -0.330 e. The van der Waals surface area contributed by atoms with Gasteiger partial charge in [0.15, 0.2) is 9.84 Å². The van der Waals surface area contributed by atoms with Gasteiger partial charge in [-0.3, -0.25) is 0 Å². The number of rotatable bonds is 5. The summed E-state index contributed by atoms with van der Waals surface area (Å²) in [6, 6.07) is 2.46. The summed E-state index contributed by atoms with van der Waals surface area (Å²) in [7, 11) is -3.75. The molecule has 0 heterocycles. The van der Waals surface area contributed by atoms with Gasteiger partial charge in [0.2, 0.25) is 0 Å². The molecule has 0 fully saturated rings. The van der Waals surface area contributed by atoms with E-state index in [1.807, 2.05) is 13.8 Å². The molecule has 0 aliphatic heterocycles. The molecule has 0 aromatic heterocycles. The average molecular weight is 277 g/mol. The highest BCUT2D eigenvalue weighted by molar-refractivity contribution is 7.91. The molecule has 0 spiro atoms. The van der Waals surface area contributed by atoms with Crippen LogP contribution in [-0.2, 0) is 9.84 Å². The second kappa shape index (κ2) is 5.32. The molecular formula is C12H17F2NO2S. The second-order valence-electron chi connectivity index (χ2n) is 5.01. The topological polar surface area (TPSA) is 60.2 Å². The van der Waals surface area contributed by atoms with Crippen LogP contribution < -0.4 is 5.73 Å². The van der Waals surface area contributed by atoms with Crippen molar-refractivity contribution in [2.45, 2.75) is 25.2 Å². The van der Waals surface area contributed by atoms with Crippen LogP contribution in [0.2, 0.25) is 0 Å². The highest BCUT2D eigenvalue weighted by Gasteiger charge is 2.24. The van der Waals surface area contributed by atoms with E-state index in [4.69, 9.17) is 5.73 Å². The van der Waals surface area contributed by atoms with Crippen LogP contribution in [-0.4, -0.2) is 20.7 Å². The van der Waals surface area contributed by atoms with Crippen LogP contribution in [0.15, 0.2) is 23.1 Å². The summed E-state index contributed by atoms with van der Waals surface area (Å²) >= 11 is 0. The van der Waals surface area contributed by atoms with Gasteiger partial charge in [-0.2, -0.15) is 0 Å². The van der Waals surface area contributed by atoms with Crippen LogP contribution >= 0.6 is 0 Å². The minimum absolute atomic E-state index is 0.209. The molecule has 0 saturated carbocycles. The Hall–Kier alpha value is -1.01. The van der Waals surface area contributed by atoms with Gasteiger partial charge in [0.25, 0.3) is 0 Å². The third-order valence-electron chi connectivity index (χ3n) is 2.83. The lowest BCUT2D eigenvalue weighted by atomic mass is 9.91. The molecule has 1 aromatic rings. The van der Waals surface area contributed by atoms with Crippen LogP contribution in [0.1, 0.15) is 20.3 Å². The first-order valence-electron chi connectivity index (χ1n) is 5.56. The number of nitrogens with two attached hydrogens (primary N) is 1. The maximum atomic E-state index is 13.4. The van der Waals surface area contributed by atoms with Crippen LogP contribution in [0.25, 0.3) is 0 Å². The molecule has 6 heteroatoms. The van der Waals surface area contributed by atoms with E-state index in [1.54, 1.807) is 0 Å². The van der Waals surface area contributed by atoms with E-state index >= 15 is 0 Å². The van der Waals surface area contributed by atoms with Gasteiger partial charge in [-0.1, -0.05) is 13.8 Å². The molecular weight excluding hydrogens is 260 g/mol. The molecule has 2 N–H and O–H groups in total. The Balaban J connectivity index is 2.94. The second-order valence-corrected chi connectivity index (χ2v) is 7.09. The maximum absolute atomic E-state index is 13.4. The van der Waals surface area contributed by atoms with Gasteiger partial charge in [-0.15, -0.1) is 0 Å². The molecule has 0 aliphatic rings. The zero-order valence-corrected chi connectivity index (χ0v) is 11.2. The third kappa shape index (κ3) is 3.74. The Kier molecular flexibility index (Phi) is 4.45. The highest BCUT2D eigenvalue weighted by atomic mass is 32.2. The van der Waals surface area contributed by atoms with Crippen molar-refractivity contribution in [2.24, 2.45) is 11.1 Å². The molecule has 0 unspecified atom stereocenters. The quantitative estimate of drug-likeness (QED) is 0.839. The molecule has 0 bridgehead atoms. The number of hydrogen-bond acceptors (Lipinski definition) is 3. The summed E-state index contributed by atoms with van der Waals surface area (Å²) in [5, 5.41) is 0. The molecule has 3 nitrogen and oxygen atoms in total. The van der Waals surface area contributed by atoms with Crippen LogP contribution in [0.5, 0.6) is 0 Å². The van der Waals surface area contributed by atoms with Crippen molar-refractivity contribution < 1.29 is 17.2 Å². The first-order valence-corrected chi connectivity index (χ1v) is 7.21. The van der Waals surface area contributed by atoms with Crippen LogP contribution in [0, 0.1) is 17.0 Å². The zero-order valence-electron chi connectivity index (χ0n) is 10.4. The van der Waals surface area contributed by atoms with Crippen molar-refractivity contribution in [1.82, 2.24) is 0 Å². The van der Waals surface area contributed by atoms with Gasteiger partial charge in [0.1, 0.15) is 16.5 Å². The van der Waals surface area contributed by atoms with E-state index in [1.165, 1.54) is 0 Å². The first kappa shape index (κ1) is 15.0. The van der Waals surface area contributed by atoms with E-state index in [9.17, 15) is 17.2 Å². The molecule has 0 aliphatic carbocycles. The molecule has 1 aromatic carbocycles. The summed E-state index contributed by atoms with van der Waals surface area (Å²) in [5.74, 6) is -2.06. The van der Waals surface area contributed by atoms with Crippen molar-refractivity contribution in [3.05, 3.63) is 29.8 Å². The molecule has 18 heavy (non-hydrogen) atoms. The summed E-state index contributed by atoms with van der Waals surface area (Å²) in [6.07, 6.45) is 0.322. The minimum atomic E-state index is -3.75. The van der Waals surface area contributed by atoms with Gasteiger partial charge in [-0.25, -0.2) is 17.2 Å². The number of halogens is 2. The molecule has 0 atom stereocenters. The van der Waals surface area contributed by atoms with Crippen molar-refractivity contribution >= 4 is 9.84 Å². The number of benzene rings is 1. The molecule has 0 radical (unpaired) electrons. The van der Waals surface area contributed by atoms with Gasteiger partial charge < -0.3 is 5.73 Å². The smallest absolute Gasteiger partial charge is 0.181 e. The maximum Gasteiger partial charge on any atom is 0.181 e.